The molecule has 0 amide bonds. The van der Waals surface area contributed by atoms with E-state index in [0.717, 1.165) is 48.9 Å². The van der Waals surface area contributed by atoms with Crippen LogP contribution in [0.1, 0.15) is 57.8 Å². The molecule has 0 aliphatic rings. The molecule has 5 nitrogen and oxygen atoms in total. The SMILES string of the molecule is O=C(O)CCCCCCCCCCNc1nc(Cl)nc2ccccc12. The zero-order valence-electron chi connectivity index (χ0n) is 14.5. The van der Waals surface area contributed by atoms with E-state index in [1.54, 1.807) is 0 Å². The molecule has 2 rings (SSSR count). The van der Waals surface area contributed by atoms with E-state index in [1.807, 2.05) is 24.3 Å². The Morgan fingerprint density at radius 3 is 2.32 bits per heavy atom. The summed E-state index contributed by atoms with van der Waals surface area (Å²) in [6.45, 7) is 0.871. The molecular formula is C19H26ClN3O2. The second-order valence-electron chi connectivity index (χ2n) is 6.26. The first-order valence-corrected chi connectivity index (χ1v) is 9.42. The molecule has 1 aromatic carbocycles. The Morgan fingerprint density at radius 2 is 1.60 bits per heavy atom. The van der Waals surface area contributed by atoms with Crippen molar-refractivity contribution in [2.24, 2.45) is 0 Å². The number of carboxylic acid groups (broad SMARTS) is 1. The van der Waals surface area contributed by atoms with Crippen LogP contribution < -0.4 is 5.32 Å². The molecule has 1 aromatic heterocycles. The summed E-state index contributed by atoms with van der Waals surface area (Å²) in [5.74, 6) is 0.110. The van der Waals surface area contributed by atoms with Gasteiger partial charge in [0, 0.05) is 18.4 Å². The Morgan fingerprint density at radius 1 is 0.960 bits per heavy atom. The minimum absolute atomic E-state index is 0.268. The number of anilines is 1. The molecule has 2 N–H and O–H groups in total. The number of aliphatic carboxylic acids is 1. The lowest BCUT2D eigenvalue weighted by molar-refractivity contribution is -0.137. The molecule has 0 bridgehead atoms. The number of carbonyl (C=O) groups is 1. The molecule has 0 aliphatic heterocycles. The van der Waals surface area contributed by atoms with Crippen molar-refractivity contribution in [1.29, 1.82) is 0 Å². The monoisotopic (exact) mass is 363 g/mol. The maximum atomic E-state index is 10.4. The number of nitrogens with zero attached hydrogens (tertiary/aromatic N) is 2. The molecule has 0 aliphatic carbocycles. The van der Waals surface area contributed by atoms with Gasteiger partial charge in [0.05, 0.1) is 5.52 Å². The lowest BCUT2D eigenvalue weighted by atomic mass is 10.1. The van der Waals surface area contributed by atoms with Crippen molar-refractivity contribution in [2.45, 2.75) is 57.8 Å². The van der Waals surface area contributed by atoms with Gasteiger partial charge in [-0.25, -0.2) is 9.97 Å². The molecule has 136 valence electrons. The topological polar surface area (TPSA) is 75.1 Å². The summed E-state index contributed by atoms with van der Waals surface area (Å²) in [6.07, 6.45) is 9.16. The number of nitrogens with one attached hydrogen (secondary N) is 1. The van der Waals surface area contributed by atoms with Crippen molar-refractivity contribution in [3.05, 3.63) is 29.5 Å². The van der Waals surface area contributed by atoms with E-state index in [9.17, 15) is 4.79 Å². The highest BCUT2D eigenvalue weighted by Crippen LogP contribution is 2.21. The van der Waals surface area contributed by atoms with E-state index in [4.69, 9.17) is 16.7 Å². The zero-order chi connectivity index (χ0) is 17.9. The number of carboxylic acids is 1. The highest BCUT2D eigenvalue weighted by atomic mass is 35.5. The summed E-state index contributed by atoms with van der Waals surface area (Å²) in [5.41, 5.74) is 0.855. The molecule has 6 heteroatoms. The molecule has 2 aromatic rings. The van der Waals surface area contributed by atoms with Crippen LogP contribution in [0.15, 0.2) is 24.3 Å². The first-order chi connectivity index (χ1) is 12.2. The van der Waals surface area contributed by atoms with Gasteiger partial charge >= 0.3 is 5.97 Å². The van der Waals surface area contributed by atoms with Crippen LogP contribution in [0.3, 0.4) is 0 Å². The molecule has 0 fully saturated rings. The second-order valence-corrected chi connectivity index (χ2v) is 6.60. The predicted octanol–water partition coefficient (Wildman–Crippen LogP) is 5.29. The van der Waals surface area contributed by atoms with Crippen molar-refractivity contribution in [2.75, 3.05) is 11.9 Å². The maximum Gasteiger partial charge on any atom is 0.303 e. The molecule has 0 atom stereocenters. The van der Waals surface area contributed by atoms with E-state index in [2.05, 4.69) is 15.3 Å². The van der Waals surface area contributed by atoms with E-state index in [1.165, 1.54) is 25.7 Å². The van der Waals surface area contributed by atoms with Crippen molar-refractivity contribution in [1.82, 2.24) is 9.97 Å². The number of para-hydroxylation sites is 1. The number of fused-ring (bicyclic) bond motifs is 1. The Balaban J connectivity index is 1.57. The third kappa shape index (κ3) is 7.26. The fourth-order valence-electron chi connectivity index (χ4n) is 2.85. The van der Waals surface area contributed by atoms with Crippen LogP contribution in [-0.2, 0) is 4.79 Å². The van der Waals surface area contributed by atoms with E-state index >= 15 is 0 Å². The molecule has 0 radical (unpaired) electrons. The summed E-state index contributed by atoms with van der Waals surface area (Å²) in [5, 5.41) is 13.2. The van der Waals surface area contributed by atoms with Crippen molar-refractivity contribution >= 4 is 34.3 Å². The van der Waals surface area contributed by atoms with Gasteiger partial charge in [0.1, 0.15) is 5.82 Å². The summed E-state index contributed by atoms with van der Waals surface area (Å²) in [4.78, 5) is 18.9. The van der Waals surface area contributed by atoms with Gasteiger partial charge in [0.25, 0.3) is 0 Å². The summed E-state index contributed by atoms with van der Waals surface area (Å²) < 4.78 is 0. The molecule has 0 spiro atoms. The van der Waals surface area contributed by atoms with Gasteiger partial charge in [0.15, 0.2) is 0 Å². The van der Waals surface area contributed by atoms with E-state index in [0.29, 0.717) is 6.42 Å². The first kappa shape index (κ1) is 19.4. The van der Waals surface area contributed by atoms with Crippen LogP contribution in [-0.4, -0.2) is 27.6 Å². The van der Waals surface area contributed by atoms with E-state index in [-0.39, 0.29) is 5.28 Å². The Hall–Kier alpha value is -1.88. The third-order valence-electron chi connectivity index (χ3n) is 4.19. The lowest BCUT2D eigenvalue weighted by Gasteiger charge is -2.09. The Bertz CT molecular complexity index is 679. The van der Waals surface area contributed by atoms with Gasteiger partial charge in [-0.2, -0.15) is 0 Å². The number of aromatic nitrogens is 2. The predicted molar refractivity (Wildman–Crippen MR) is 102 cm³/mol. The lowest BCUT2D eigenvalue weighted by Crippen LogP contribution is -2.05. The normalized spacial score (nSPS) is 10.9. The minimum Gasteiger partial charge on any atom is -0.481 e. The molecular weight excluding hydrogens is 338 g/mol. The molecule has 0 unspecified atom stereocenters. The van der Waals surface area contributed by atoms with Crippen LogP contribution in [0.2, 0.25) is 5.28 Å². The average Bonchev–Trinajstić information content (AvgIpc) is 2.59. The molecule has 0 saturated carbocycles. The van der Waals surface area contributed by atoms with Crippen LogP contribution in [0.25, 0.3) is 10.9 Å². The van der Waals surface area contributed by atoms with Gasteiger partial charge in [-0.15, -0.1) is 0 Å². The van der Waals surface area contributed by atoms with Crippen LogP contribution in [0.5, 0.6) is 0 Å². The highest BCUT2D eigenvalue weighted by molar-refractivity contribution is 6.28. The largest absolute Gasteiger partial charge is 0.481 e. The fourth-order valence-corrected chi connectivity index (χ4v) is 3.03. The molecule has 25 heavy (non-hydrogen) atoms. The zero-order valence-corrected chi connectivity index (χ0v) is 15.3. The number of hydrogen-bond acceptors (Lipinski definition) is 4. The van der Waals surface area contributed by atoms with Crippen LogP contribution in [0.4, 0.5) is 5.82 Å². The average molecular weight is 364 g/mol. The number of unbranched alkanes of at least 4 members (excludes halogenated alkanes) is 7. The van der Waals surface area contributed by atoms with Gasteiger partial charge in [-0.1, -0.05) is 50.7 Å². The van der Waals surface area contributed by atoms with Gasteiger partial charge in [-0.05, 0) is 36.6 Å². The molecule has 0 saturated heterocycles. The van der Waals surface area contributed by atoms with Gasteiger partial charge in [0.2, 0.25) is 5.28 Å². The highest BCUT2D eigenvalue weighted by Gasteiger charge is 2.05. The summed E-state index contributed by atoms with van der Waals surface area (Å²) in [6, 6.07) is 7.85. The maximum absolute atomic E-state index is 10.4. The fraction of sp³-hybridized carbons (Fsp3) is 0.526. The Labute approximate surface area is 153 Å². The standard InChI is InChI=1S/C19H26ClN3O2/c20-19-22-16-12-9-8-11-15(16)18(23-19)21-14-10-6-4-2-1-3-5-7-13-17(24)25/h8-9,11-12H,1-7,10,13-14H2,(H,24,25)(H,21,22,23). The van der Waals surface area contributed by atoms with Gasteiger partial charge < -0.3 is 10.4 Å². The number of rotatable bonds is 12. The summed E-state index contributed by atoms with van der Waals surface area (Å²) >= 11 is 5.98. The van der Waals surface area contributed by atoms with Crippen molar-refractivity contribution in [3.8, 4) is 0 Å². The second kappa shape index (κ2) is 10.9. The first-order valence-electron chi connectivity index (χ1n) is 9.05. The van der Waals surface area contributed by atoms with Crippen molar-refractivity contribution in [3.63, 3.8) is 0 Å². The van der Waals surface area contributed by atoms with Crippen LogP contribution in [0, 0.1) is 0 Å². The number of hydrogen-bond donors (Lipinski definition) is 2. The van der Waals surface area contributed by atoms with Crippen molar-refractivity contribution < 1.29 is 9.90 Å². The number of benzene rings is 1. The van der Waals surface area contributed by atoms with E-state index < -0.39 is 5.97 Å². The third-order valence-corrected chi connectivity index (χ3v) is 4.35. The quantitative estimate of drug-likeness (QED) is 0.395. The number of halogens is 1. The summed E-state index contributed by atoms with van der Waals surface area (Å²) in [7, 11) is 0. The van der Waals surface area contributed by atoms with Crippen LogP contribution >= 0.6 is 11.6 Å². The van der Waals surface area contributed by atoms with Gasteiger partial charge in [-0.3, -0.25) is 4.79 Å². The molecule has 1 heterocycles. The smallest absolute Gasteiger partial charge is 0.303 e. The minimum atomic E-state index is -0.690. The Kier molecular flexibility index (Phi) is 8.46.